The zero-order chi connectivity index (χ0) is 18.1. The highest BCUT2D eigenvalue weighted by molar-refractivity contribution is 5.59. The van der Waals surface area contributed by atoms with Crippen LogP contribution in [0.2, 0.25) is 0 Å². The molecule has 0 saturated carbocycles. The molecule has 0 aliphatic rings. The standard InChI is InChI=1S/C21H29FN2O/c1-3-4-5-6-7-8-9-12-15-24-17(2)23-20(16-21(24)25)18-13-10-11-14-19(18)22/h10-11,13-14,16H,3-9,12,15H2,1-2H3. The Morgan fingerprint density at radius 3 is 2.28 bits per heavy atom. The quantitative estimate of drug-likeness (QED) is 0.534. The number of nitrogens with zero attached hydrogens (tertiary/aromatic N) is 2. The molecule has 0 fully saturated rings. The molecule has 0 unspecified atom stereocenters. The zero-order valence-electron chi connectivity index (χ0n) is 15.4. The van der Waals surface area contributed by atoms with Crippen LogP contribution < -0.4 is 5.56 Å². The summed E-state index contributed by atoms with van der Waals surface area (Å²) in [7, 11) is 0. The van der Waals surface area contributed by atoms with Gasteiger partial charge in [-0.3, -0.25) is 9.36 Å². The molecule has 0 bridgehead atoms. The molecule has 0 aliphatic carbocycles. The van der Waals surface area contributed by atoms with Gasteiger partial charge in [0.2, 0.25) is 0 Å². The minimum Gasteiger partial charge on any atom is -0.297 e. The van der Waals surface area contributed by atoms with Crippen LogP contribution in [0.25, 0.3) is 11.3 Å². The summed E-state index contributed by atoms with van der Waals surface area (Å²) in [5.74, 6) is 0.295. The summed E-state index contributed by atoms with van der Waals surface area (Å²) in [5, 5.41) is 0. The summed E-state index contributed by atoms with van der Waals surface area (Å²) in [6.07, 6.45) is 9.85. The van der Waals surface area contributed by atoms with Gasteiger partial charge in [-0.15, -0.1) is 0 Å². The smallest absolute Gasteiger partial charge is 0.254 e. The predicted molar refractivity (Wildman–Crippen MR) is 101 cm³/mol. The lowest BCUT2D eigenvalue weighted by Crippen LogP contribution is -2.23. The van der Waals surface area contributed by atoms with Crippen molar-refractivity contribution in [2.75, 3.05) is 0 Å². The van der Waals surface area contributed by atoms with Crippen LogP contribution >= 0.6 is 0 Å². The Labute approximate surface area is 149 Å². The van der Waals surface area contributed by atoms with Gasteiger partial charge in [0, 0.05) is 18.2 Å². The van der Waals surface area contributed by atoms with Crippen molar-refractivity contribution in [2.24, 2.45) is 0 Å². The zero-order valence-corrected chi connectivity index (χ0v) is 15.4. The first-order chi connectivity index (χ1) is 12.1. The molecule has 2 aromatic rings. The maximum Gasteiger partial charge on any atom is 0.254 e. The van der Waals surface area contributed by atoms with E-state index in [0.717, 1.165) is 12.8 Å². The van der Waals surface area contributed by atoms with Gasteiger partial charge in [0.25, 0.3) is 5.56 Å². The minimum absolute atomic E-state index is 0.103. The number of benzene rings is 1. The Balaban J connectivity index is 1.90. The average Bonchev–Trinajstić information content (AvgIpc) is 2.59. The van der Waals surface area contributed by atoms with Gasteiger partial charge in [0.05, 0.1) is 5.69 Å². The first-order valence-electron chi connectivity index (χ1n) is 9.47. The highest BCUT2D eigenvalue weighted by atomic mass is 19.1. The third-order valence-electron chi connectivity index (χ3n) is 4.58. The molecular weight excluding hydrogens is 315 g/mol. The molecule has 2 rings (SSSR count). The third kappa shape index (κ3) is 5.80. The van der Waals surface area contributed by atoms with Crippen LogP contribution in [-0.2, 0) is 6.54 Å². The van der Waals surface area contributed by atoms with Crippen LogP contribution in [0.1, 0.15) is 64.1 Å². The number of hydrogen-bond donors (Lipinski definition) is 0. The van der Waals surface area contributed by atoms with Crippen LogP contribution in [0.15, 0.2) is 35.1 Å². The van der Waals surface area contributed by atoms with E-state index >= 15 is 0 Å². The summed E-state index contributed by atoms with van der Waals surface area (Å²) >= 11 is 0. The molecular formula is C21H29FN2O. The van der Waals surface area contributed by atoms with Crippen molar-refractivity contribution in [1.29, 1.82) is 0 Å². The van der Waals surface area contributed by atoms with E-state index in [2.05, 4.69) is 11.9 Å². The van der Waals surface area contributed by atoms with Crippen molar-refractivity contribution < 1.29 is 4.39 Å². The lowest BCUT2D eigenvalue weighted by atomic mass is 10.1. The maximum absolute atomic E-state index is 13.9. The second-order valence-corrected chi connectivity index (χ2v) is 6.63. The Kier molecular flexibility index (Phi) is 7.83. The number of aryl methyl sites for hydroxylation is 1. The Bertz CT molecular complexity index is 724. The van der Waals surface area contributed by atoms with Gasteiger partial charge in [-0.25, -0.2) is 9.37 Å². The lowest BCUT2D eigenvalue weighted by Gasteiger charge is -2.11. The van der Waals surface area contributed by atoms with Crippen LogP contribution in [0.5, 0.6) is 0 Å². The maximum atomic E-state index is 13.9. The Hall–Kier alpha value is -1.97. The van der Waals surface area contributed by atoms with E-state index in [1.54, 1.807) is 22.8 Å². The van der Waals surface area contributed by atoms with E-state index in [9.17, 15) is 9.18 Å². The highest BCUT2D eigenvalue weighted by Gasteiger charge is 2.10. The SMILES string of the molecule is CCCCCCCCCCn1c(C)nc(-c2ccccc2F)cc1=O. The van der Waals surface area contributed by atoms with Crippen molar-refractivity contribution in [2.45, 2.75) is 71.8 Å². The topological polar surface area (TPSA) is 34.9 Å². The van der Waals surface area contributed by atoms with Crippen LogP contribution in [-0.4, -0.2) is 9.55 Å². The van der Waals surface area contributed by atoms with Crippen molar-refractivity contribution in [3.8, 4) is 11.3 Å². The third-order valence-corrected chi connectivity index (χ3v) is 4.58. The molecule has 1 heterocycles. The molecule has 136 valence electrons. The van der Waals surface area contributed by atoms with E-state index in [1.165, 1.54) is 50.7 Å². The normalized spacial score (nSPS) is 11.0. The van der Waals surface area contributed by atoms with E-state index in [1.807, 2.05) is 6.92 Å². The fraction of sp³-hybridized carbons (Fsp3) is 0.524. The second-order valence-electron chi connectivity index (χ2n) is 6.63. The monoisotopic (exact) mass is 344 g/mol. The molecule has 0 atom stereocenters. The average molecular weight is 344 g/mol. The van der Waals surface area contributed by atoms with Crippen LogP contribution in [0.3, 0.4) is 0 Å². The van der Waals surface area contributed by atoms with Gasteiger partial charge in [-0.2, -0.15) is 0 Å². The molecule has 0 aliphatic heterocycles. The number of rotatable bonds is 10. The van der Waals surface area contributed by atoms with Crippen LogP contribution in [0, 0.1) is 12.7 Å². The summed E-state index contributed by atoms with van der Waals surface area (Å²) in [4.78, 5) is 16.8. The summed E-state index contributed by atoms with van der Waals surface area (Å²) in [6.45, 7) is 4.73. The van der Waals surface area contributed by atoms with E-state index in [0.29, 0.717) is 23.6 Å². The molecule has 0 radical (unpaired) electrons. The predicted octanol–water partition coefficient (Wildman–Crippen LogP) is 5.50. The molecule has 0 amide bonds. The molecule has 1 aromatic carbocycles. The second kappa shape index (κ2) is 10.1. The summed E-state index contributed by atoms with van der Waals surface area (Å²) in [6, 6.07) is 7.87. The highest BCUT2D eigenvalue weighted by Crippen LogP contribution is 2.19. The van der Waals surface area contributed by atoms with Crippen molar-refractivity contribution in [1.82, 2.24) is 9.55 Å². The number of hydrogen-bond acceptors (Lipinski definition) is 2. The van der Waals surface area contributed by atoms with E-state index < -0.39 is 0 Å². The van der Waals surface area contributed by atoms with E-state index in [4.69, 9.17) is 0 Å². The number of aromatic nitrogens is 2. The Morgan fingerprint density at radius 1 is 1.00 bits per heavy atom. The summed E-state index contributed by atoms with van der Waals surface area (Å²) < 4.78 is 15.6. The number of halogens is 1. The summed E-state index contributed by atoms with van der Waals surface area (Å²) in [5.41, 5.74) is 0.684. The first-order valence-corrected chi connectivity index (χ1v) is 9.47. The first kappa shape index (κ1) is 19.4. The van der Waals surface area contributed by atoms with Gasteiger partial charge in [0.15, 0.2) is 0 Å². The fourth-order valence-corrected chi connectivity index (χ4v) is 3.10. The largest absolute Gasteiger partial charge is 0.297 e. The van der Waals surface area contributed by atoms with Gasteiger partial charge >= 0.3 is 0 Å². The lowest BCUT2D eigenvalue weighted by molar-refractivity contribution is 0.527. The molecule has 0 saturated heterocycles. The molecule has 0 N–H and O–H groups in total. The molecule has 4 heteroatoms. The van der Waals surface area contributed by atoms with Crippen LogP contribution in [0.4, 0.5) is 4.39 Å². The molecule has 1 aromatic heterocycles. The Morgan fingerprint density at radius 2 is 1.64 bits per heavy atom. The molecule has 0 spiro atoms. The van der Waals surface area contributed by atoms with Gasteiger partial charge in [0.1, 0.15) is 11.6 Å². The molecule has 25 heavy (non-hydrogen) atoms. The number of unbranched alkanes of at least 4 members (excludes halogenated alkanes) is 7. The van der Waals surface area contributed by atoms with Gasteiger partial charge in [-0.05, 0) is 25.5 Å². The van der Waals surface area contributed by atoms with E-state index in [-0.39, 0.29) is 11.4 Å². The van der Waals surface area contributed by atoms with Gasteiger partial charge in [-0.1, -0.05) is 64.0 Å². The fourth-order valence-electron chi connectivity index (χ4n) is 3.10. The molecule has 3 nitrogen and oxygen atoms in total. The minimum atomic E-state index is -0.352. The van der Waals surface area contributed by atoms with Crippen molar-refractivity contribution in [3.05, 3.63) is 52.3 Å². The van der Waals surface area contributed by atoms with Crippen molar-refractivity contribution >= 4 is 0 Å². The van der Waals surface area contributed by atoms with Gasteiger partial charge < -0.3 is 0 Å². The van der Waals surface area contributed by atoms with Crippen molar-refractivity contribution in [3.63, 3.8) is 0 Å².